The van der Waals surface area contributed by atoms with Gasteiger partial charge in [0.25, 0.3) is 0 Å². The van der Waals surface area contributed by atoms with Crippen LogP contribution in [0.5, 0.6) is 0 Å². The standard InChI is InChI=1S/C33H42N4O4/c1-25(2)18-22-37-23-29(38)35-33(19-10-14-27-13-6-7-15-28(27)33)32(41)34-20-8-9-21-36(24-31(37)40)30(39)17-16-26-11-4-3-5-12-26/h3-7,11-13,15-17,25H,8-10,14,18-24H2,1-2H3,(H,34,41)(H,35,38)/b17-16+. The number of carbonyl (C=O) groups excluding carboxylic acids is 4. The maximum Gasteiger partial charge on any atom is 0.250 e. The van der Waals surface area contributed by atoms with Crippen LogP contribution in [0.2, 0.25) is 0 Å². The summed E-state index contributed by atoms with van der Waals surface area (Å²) in [5.74, 6) is -0.819. The van der Waals surface area contributed by atoms with Crippen molar-refractivity contribution in [2.45, 2.75) is 57.9 Å². The smallest absolute Gasteiger partial charge is 0.250 e. The Bertz CT molecular complexity index is 1260. The molecule has 2 aromatic rings. The summed E-state index contributed by atoms with van der Waals surface area (Å²) < 4.78 is 0. The Morgan fingerprint density at radius 2 is 1.73 bits per heavy atom. The number of aryl methyl sites for hydroxylation is 1. The Hall–Kier alpha value is -3.94. The van der Waals surface area contributed by atoms with Crippen LogP contribution in [0.25, 0.3) is 6.08 Å². The zero-order valence-electron chi connectivity index (χ0n) is 24.2. The number of fused-ring (bicyclic) bond motifs is 2. The van der Waals surface area contributed by atoms with Crippen LogP contribution in [0.15, 0.2) is 60.7 Å². The highest BCUT2D eigenvalue weighted by Gasteiger charge is 2.44. The minimum atomic E-state index is -1.17. The van der Waals surface area contributed by atoms with E-state index < -0.39 is 5.54 Å². The van der Waals surface area contributed by atoms with E-state index in [2.05, 4.69) is 24.5 Å². The first-order valence-electron chi connectivity index (χ1n) is 14.8. The third kappa shape index (κ3) is 7.84. The third-order valence-electron chi connectivity index (χ3n) is 7.88. The second kappa shape index (κ2) is 14.1. The molecule has 1 unspecified atom stereocenters. The predicted molar refractivity (Wildman–Crippen MR) is 160 cm³/mol. The Morgan fingerprint density at radius 3 is 2.51 bits per heavy atom. The van der Waals surface area contributed by atoms with Crippen LogP contribution in [0, 0.1) is 5.92 Å². The number of rotatable bonds is 5. The molecule has 0 saturated carbocycles. The average Bonchev–Trinajstić information content (AvgIpc) is 2.97. The highest BCUT2D eigenvalue weighted by Crippen LogP contribution is 2.36. The zero-order chi connectivity index (χ0) is 29.2. The SMILES string of the molecule is CC(C)CCN1CC(=O)NC2(CCCc3ccccc32)C(=O)NCCCCN(C(=O)/C=C/c2ccccc2)CC1=O. The van der Waals surface area contributed by atoms with Crippen LogP contribution in [-0.4, -0.2) is 66.2 Å². The van der Waals surface area contributed by atoms with Crippen molar-refractivity contribution in [3.63, 3.8) is 0 Å². The Labute approximate surface area is 243 Å². The molecule has 1 atom stereocenters. The van der Waals surface area contributed by atoms with Crippen molar-refractivity contribution >= 4 is 29.7 Å². The largest absolute Gasteiger partial charge is 0.354 e. The number of nitrogens with zero attached hydrogens (tertiary/aromatic N) is 2. The molecule has 8 nitrogen and oxygen atoms in total. The van der Waals surface area contributed by atoms with Gasteiger partial charge in [-0.2, -0.15) is 0 Å². The lowest BCUT2D eigenvalue weighted by molar-refractivity contribution is -0.142. The first-order chi connectivity index (χ1) is 19.8. The summed E-state index contributed by atoms with van der Waals surface area (Å²) in [6.07, 6.45) is 7.33. The van der Waals surface area contributed by atoms with Crippen LogP contribution in [-0.2, 0) is 31.1 Å². The summed E-state index contributed by atoms with van der Waals surface area (Å²) in [4.78, 5) is 57.2. The molecule has 1 saturated heterocycles. The van der Waals surface area contributed by atoms with Crippen LogP contribution >= 0.6 is 0 Å². The van der Waals surface area contributed by atoms with E-state index in [-0.39, 0.29) is 36.7 Å². The zero-order valence-corrected chi connectivity index (χ0v) is 24.2. The topological polar surface area (TPSA) is 98.8 Å². The van der Waals surface area contributed by atoms with Gasteiger partial charge in [-0.3, -0.25) is 19.2 Å². The van der Waals surface area contributed by atoms with Gasteiger partial charge in [0, 0.05) is 25.7 Å². The summed E-state index contributed by atoms with van der Waals surface area (Å²) in [6, 6.07) is 17.3. The molecule has 0 bridgehead atoms. The minimum Gasteiger partial charge on any atom is -0.354 e. The van der Waals surface area contributed by atoms with Gasteiger partial charge in [0.1, 0.15) is 12.1 Å². The Kier molecular flexibility index (Phi) is 10.3. The first-order valence-corrected chi connectivity index (χ1v) is 14.8. The molecular formula is C33H42N4O4. The van der Waals surface area contributed by atoms with E-state index in [4.69, 9.17) is 0 Å². The van der Waals surface area contributed by atoms with Gasteiger partial charge in [-0.25, -0.2) is 0 Å². The van der Waals surface area contributed by atoms with Gasteiger partial charge in [0.15, 0.2) is 0 Å². The molecule has 41 heavy (non-hydrogen) atoms. The molecule has 218 valence electrons. The van der Waals surface area contributed by atoms with E-state index in [0.717, 1.165) is 36.0 Å². The summed E-state index contributed by atoms with van der Waals surface area (Å²) >= 11 is 0. The molecule has 1 heterocycles. The third-order valence-corrected chi connectivity index (χ3v) is 7.88. The fourth-order valence-corrected chi connectivity index (χ4v) is 5.56. The second-order valence-electron chi connectivity index (χ2n) is 11.4. The van der Waals surface area contributed by atoms with Crippen molar-refractivity contribution in [1.29, 1.82) is 0 Å². The maximum atomic E-state index is 13.7. The van der Waals surface area contributed by atoms with Gasteiger partial charge in [-0.1, -0.05) is 68.4 Å². The number of amides is 4. The van der Waals surface area contributed by atoms with Crippen molar-refractivity contribution in [2.75, 3.05) is 32.7 Å². The molecule has 4 amide bonds. The van der Waals surface area contributed by atoms with Gasteiger partial charge < -0.3 is 20.4 Å². The molecule has 1 aliphatic carbocycles. The summed E-state index contributed by atoms with van der Waals surface area (Å²) in [7, 11) is 0. The van der Waals surface area contributed by atoms with E-state index >= 15 is 0 Å². The molecule has 1 spiro atoms. The maximum absolute atomic E-state index is 13.7. The van der Waals surface area contributed by atoms with Crippen molar-refractivity contribution in [3.8, 4) is 0 Å². The van der Waals surface area contributed by atoms with E-state index in [9.17, 15) is 19.2 Å². The average molecular weight is 559 g/mol. The molecule has 0 radical (unpaired) electrons. The number of nitrogens with one attached hydrogen (secondary N) is 2. The van der Waals surface area contributed by atoms with Crippen molar-refractivity contribution < 1.29 is 19.2 Å². The monoisotopic (exact) mass is 558 g/mol. The first kappa shape index (κ1) is 30.0. The lowest BCUT2D eigenvalue weighted by atomic mass is 9.75. The van der Waals surface area contributed by atoms with E-state index in [1.54, 1.807) is 6.08 Å². The summed E-state index contributed by atoms with van der Waals surface area (Å²) in [5, 5.41) is 6.12. The van der Waals surface area contributed by atoms with Gasteiger partial charge in [-0.05, 0) is 67.2 Å². The fourth-order valence-electron chi connectivity index (χ4n) is 5.56. The lowest BCUT2D eigenvalue weighted by Crippen LogP contribution is -2.60. The van der Waals surface area contributed by atoms with Gasteiger partial charge in [0.2, 0.25) is 23.6 Å². The molecule has 2 aromatic carbocycles. The summed E-state index contributed by atoms with van der Waals surface area (Å²) in [5.41, 5.74) is 1.60. The Morgan fingerprint density at radius 1 is 0.976 bits per heavy atom. The molecule has 1 fully saturated rings. The van der Waals surface area contributed by atoms with Gasteiger partial charge >= 0.3 is 0 Å². The summed E-state index contributed by atoms with van der Waals surface area (Å²) in [6.45, 7) is 5.02. The molecule has 0 aromatic heterocycles. The van der Waals surface area contributed by atoms with Gasteiger partial charge in [-0.15, -0.1) is 0 Å². The molecule has 8 heteroatoms. The van der Waals surface area contributed by atoms with Crippen LogP contribution < -0.4 is 10.6 Å². The lowest BCUT2D eigenvalue weighted by Gasteiger charge is -2.39. The molecule has 2 N–H and O–H groups in total. The van der Waals surface area contributed by atoms with Crippen LogP contribution in [0.3, 0.4) is 0 Å². The van der Waals surface area contributed by atoms with E-state index in [0.29, 0.717) is 44.8 Å². The van der Waals surface area contributed by atoms with Crippen molar-refractivity contribution in [1.82, 2.24) is 20.4 Å². The Balaban J connectivity index is 1.59. The predicted octanol–water partition coefficient (Wildman–Crippen LogP) is 3.66. The van der Waals surface area contributed by atoms with E-state index in [1.165, 1.54) is 15.9 Å². The number of hydrogen-bond acceptors (Lipinski definition) is 4. The quantitative estimate of drug-likeness (QED) is 0.548. The number of benzene rings is 2. The van der Waals surface area contributed by atoms with Gasteiger partial charge in [0.05, 0.1) is 6.54 Å². The van der Waals surface area contributed by atoms with Crippen molar-refractivity contribution in [2.24, 2.45) is 5.92 Å². The van der Waals surface area contributed by atoms with Crippen molar-refractivity contribution in [3.05, 3.63) is 77.4 Å². The number of carbonyl (C=O) groups is 4. The highest BCUT2D eigenvalue weighted by molar-refractivity contribution is 5.96. The highest BCUT2D eigenvalue weighted by atomic mass is 16.2. The van der Waals surface area contributed by atoms with Crippen LogP contribution in [0.1, 0.15) is 62.6 Å². The minimum absolute atomic E-state index is 0.107. The second-order valence-corrected chi connectivity index (χ2v) is 11.4. The van der Waals surface area contributed by atoms with E-state index in [1.807, 2.05) is 54.6 Å². The molecule has 1 aliphatic heterocycles. The van der Waals surface area contributed by atoms with Crippen LogP contribution in [0.4, 0.5) is 0 Å². The number of hydrogen-bond donors (Lipinski definition) is 2. The fraction of sp³-hybridized carbons (Fsp3) is 0.455. The molecular weight excluding hydrogens is 516 g/mol. The normalized spacial score (nSPS) is 21.0. The molecule has 2 aliphatic rings. The molecule has 4 rings (SSSR count).